The van der Waals surface area contributed by atoms with E-state index in [2.05, 4.69) is 24.1 Å². The van der Waals surface area contributed by atoms with E-state index in [1.54, 1.807) is 6.07 Å². The van der Waals surface area contributed by atoms with Crippen LogP contribution in [0.5, 0.6) is 0 Å². The maximum atomic E-state index is 8.93. The molecule has 0 radical (unpaired) electrons. The highest BCUT2D eigenvalue weighted by Crippen LogP contribution is 2.14. The second kappa shape index (κ2) is 5.56. The lowest BCUT2D eigenvalue weighted by molar-refractivity contribution is 0.267. The van der Waals surface area contributed by atoms with Gasteiger partial charge in [-0.15, -0.1) is 0 Å². The van der Waals surface area contributed by atoms with Gasteiger partial charge in [0.25, 0.3) is 0 Å². The summed E-state index contributed by atoms with van der Waals surface area (Å²) < 4.78 is 0. The summed E-state index contributed by atoms with van der Waals surface area (Å²) in [5.41, 5.74) is 5.58. The van der Waals surface area contributed by atoms with Gasteiger partial charge in [0, 0.05) is 12.6 Å². The van der Waals surface area contributed by atoms with Crippen molar-refractivity contribution in [2.45, 2.75) is 26.3 Å². The zero-order valence-corrected chi connectivity index (χ0v) is 9.27. The topological polar surface area (TPSA) is 71.2 Å². The van der Waals surface area contributed by atoms with E-state index < -0.39 is 0 Å². The van der Waals surface area contributed by atoms with Gasteiger partial charge in [0.2, 0.25) is 0 Å². The first kappa shape index (κ1) is 11.8. The molecule has 1 heterocycles. The van der Waals surface area contributed by atoms with Crippen molar-refractivity contribution in [1.82, 2.24) is 4.98 Å². The Balaban J connectivity index is 2.65. The van der Waals surface area contributed by atoms with E-state index in [9.17, 15) is 0 Å². The Morgan fingerprint density at radius 1 is 1.47 bits per heavy atom. The fourth-order valence-corrected chi connectivity index (χ4v) is 1.43. The van der Waals surface area contributed by atoms with Crippen LogP contribution in [-0.4, -0.2) is 22.7 Å². The minimum Gasteiger partial charge on any atom is -0.396 e. The monoisotopic (exact) mass is 209 g/mol. The number of hydrogen-bond donors (Lipinski definition) is 3. The number of hydrogen-bond acceptors (Lipinski definition) is 4. The molecule has 0 aliphatic carbocycles. The maximum absolute atomic E-state index is 8.93. The van der Waals surface area contributed by atoms with Gasteiger partial charge < -0.3 is 16.2 Å². The zero-order valence-electron chi connectivity index (χ0n) is 9.27. The van der Waals surface area contributed by atoms with Crippen LogP contribution in [0.4, 0.5) is 11.6 Å². The Morgan fingerprint density at radius 2 is 2.20 bits per heavy atom. The van der Waals surface area contributed by atoms with Crippen molar-refractivity contribution in [3.05, 3.63) is 18.2 Å². The van der Waals surface area contributed by atoms with E-state index in [0.29, 0.717) is 18.2 Å². The zero-order chi connectivity index (χ0) is 11.3. The highest BCUT2D eigenvalue weighted by molar-refractivity contribution is 5.42. The average Bonchev–Trinajstić information content (AvgIpc) is 2.17. The molecule has 4 heteroatoms. The van der Waals surface area contributed by atoms with Crippen molar-refractivity contribution in [3.8, 4) is 0 Å². The van der Waals surface area contributed by atoms with Crippen LogP contribution < -0.4 is 11.1 Å². The van der Waals surface area contributed by atoms with Crippen LogP contribution in [0.2, 0.25) is 0 Å². The summed E-state index contributed by atoms with van der Waals surface area (Å²) in [6.07, 6.45) is 0.716. The van der Waals surface area contributed by atoms with Crippen LogP contribution in [0.1, 0.15) is 20.3 Å². The highest BCUT2D eigenvalue weighted by atomic mass is 16.3. The standard InChI is InChI=1S/C11H19N3O/c1-8(2)9(6-7-15)13-11-5-3-4-10(12)14-11/h3-5,8-9,15H,6-7H2,1-2H3,(H3,12,13,14). The highest BCUT2D eigenvalue weighted by Gasteiger charge is 2.12. The normalized spacial score (nSPS) is 12.8. The molecular weight excluding hydrogens is 190 g/mol. The van der Waals surface area contributed by atoms with E-state index in [1.807, 2.05) is 12.1 Å². The number of rotatable bonds is 5. The number of nitrogens with two attached hydrogens (primary N) is 1. The molecule has 0 saturated heterocycles. The Labute approximate surface area is 90.5 Å². The quantitative estimate of drug-likeness (QED) is 0.687. The van der Waals surface area contributed by atoms with Gasteiger partial charge in [0.1, 0.15) is 11.6 Å². The first-order valence-corrected chi connectivity index (χ1v) is 5.23. The van der Waals surface area contributed by atoms with Gasteiger partial charge in [0.15, 0.2) is 0 Å². The molecule has 0 aliphatic rings. The van der Waals surface area contributed by atoms with Crippen molar-refractivity contribution in [1.29, 1.82) is 0 Å². The summed E-state index contributed by atoms with van der Waals surface area (Å²) >= 11 is 0. The van der Waals surface area contributed by atoms with Gasteiger partial charge in [0.05, 0.1) is 0 Å². The number of aromatic nitrogens is 1. The molecule has 0 bridgehead atoms. The SMILES string of the molecule is CC(C)C(CCO)Nc1cccc(N)n1. The molecule has 15 heavy (non-hydrogen) atoms. The molecule has 0 saturated carbocycles. The summed E-state index contributed by atoms with van der Waals surface area (Å²) in [5.74, 6) is 1.72. The Hall–Kier alpha value is -1.29. The van der Waals surface area contributed by atoms with Crippen LogP contribution in [0.25, 0.3) is 0 Å². The van der Waals surface area contributed by atoms with E-state index >= 15 is 0 Å². The number of aliphatic hydroxyl groups is 1. The van der Waals surface area contributed by atoms with Crippen LogP contribution in [0.3, 0.4) is 0 Å². The van der Waals surface area contributed by atoms with Gasteiger partial charge >= 0.3 is 0 Å². The third kappa shape index (κ3) is 3.75. The van der Waals surface area contributed by atoms with Crippen LogP contribution >= 0.6 is 0 Å². The van der Waals surface area contributed by atoms with E-state index in [-0.39, 0.29) is 12.6 Å². The van der Waals surface area contributed by atoms with E-state index in [0.717, 1.165) is 5.82 Å². The molecule has 4 N–H and O–H groups in total. The van der Waals surface area contributed by atoms with Gasteiger partial charge in [-0.05, 0) is 24.5 Å². The van der Waals surface area contributed by atoms with E-state index in [4.69, 9.17) is 10.8 Å². The second-order valence-electron chi connectivity index (χ2n) is 3.95. The predicted octanol–water partition coefficient (Wildman–Crippen LogP) is 1.48. The number of nitrogens with one attached hydrogen (secondary N) is 1. The van der Waals surface area contributed by atoms with Gasteiger partial charge in [-0.2, -0.15) is 0 Å². The molecule has 1 aromatic rings. The first-order chi connectivity index (χ1) is 7.13. The molecular formula is C11H19N3O. The average molecular weight is 209 g/mol. The molecule has 1 rings (SSSR count). The number of nitrogen functional groups attached to an aromatic ring is 1. The Morgan fingerprint density at radius 3 is 2.73 bits per heavy atom. The summed E-state index contributed by atoms with van der Waals surface area (Å²) in [4.78, 5) is 4.16. The third-order valence-electron chi connectivity index (χ3n) is 2.35. The summed E-state index contributed by atoms with van der Waals surface area (Å²) in [6, 6.07) is 5.72. The van der Waals surface area contributed by atoms with Crippen molar-refractivity contribution in [3.63, 3.8) is 0 Å². The molecule has 0 spiro atoms. The van der Waals surface area contributed by atoms with Crippen molar-refractivity contribution in [2.24, 2.45) is 5.92 Å². The van der Waals surface area contributed by atoms with Crippen LogP contribution in [0.15, 0.2) is 18.2 Å². The smallest absolute Gasteiger partial charge is 0.128 e. The minimum atomic E-state index is 0.179. The first-order valence-electron chi connectivity index (χ1n) is 5.23. The molecule has 0 amide bonds. The van der Waals surface area contributed by atoms with Gasteiger partial charge in [-0.25, -0.2) is 4.98 Å². The molecule has 1 atom stereocenters. The Kier molecular flexibility index (Phi) is 4.37. The van der Waals surface area contributed by atoms with Crippen molar-refractivity contribution in [2.75, 3.05) is 17.7 Å². The van der Waals surface area contributed by atoms with Crippen molar-refractivity contribution >= 4 is 11.6 Å². The summed E-state index contributed by atoms with van der Waals surface area (Å²) in [6.45, 7) is 4.40. The van der Waals surface area contributed by atoms with Crippen LogP contribution in [-0.2, 0) is 0 Å². The van der Waals surface area contributed by atoms with E-state index in [1.165, 1.54) is 0 Å². The van der Waals surface area contributed by atoms with Gasteiger partial charge in [-0.1, -0.05) is 19.9 Å². The number of nitrogens with zero attached hydrogens (tertiary/aromatic N) is 1. The molecule has 0 aliphatic heterocycles. The fourth-order valence-electron chi connectivity index (χ4n) is 1.43. The third-order valence-corrected chi connectivity index (χ3v) is 2.35. The number of anilines is 2. The Bertz CT molecular complexity index is 302. The van der Waals surface area contributed by atoms with Crippen LogP contribution in [0, 0.1) is 5.92 Å². The molecule has 84 valence electrons. The molecule has 1 unspecified atom stereocenters. The molecule has 4 nitrogen and oxygen atoms in total. The molecule has 1 aromatic heterocycles. The number of pyridine rings is 1. The van der Waals surface area contributed by atoms with Crippen molar-refractivity contribution < 1.29 is 5.11 Å². The lowest BCUT2D eigenvalue weighted by atomic mass is 10.0. The second-order valence-corrected chi connectivity index (χ2v) is 3.95. The largest absolute Gasteiger partial charge is 0.396 e. The lowest BCUT2D eigenvalue weighted by Gasteiger charge is -2.22. The summed E-state index contributed by atoms with van der Waals surface area (Å²) in [7, 11) is 0. The fraction of sp³-hybridized carbons (Fsp3) is 0.545. The summed E-state index contributed by atoms with van der Waals surface area (Å²) in [5, 5.41) is 12.2. The maximum Gasteiger partial charge on any atom is 0.128 e. The minimum absolute atomic E-state index is 0.179. The van der Waals surface area contributed by atoms with Gasteiger partial charge in [-0.3, -0.25) is 0 Å². The number of aliphatic hydroxyl groups excluding tert-OH is 1. The molecule has 0 fully saturated rings. The molecule has 0 aromatic carbocycles. The predicted molar refractivity (Wildman–Crippen MR) is 62.6 cm³/mol. The lowest BCUT2D eigenvalue weighted by Crippen LogP contribution is -2.27.